The first-order valence-electron chi connectivity index (χ1n) is 22.6. The highest BCUT2D eigenvalue weighted by Crippen LogP contribution is 2.70. The van der Waals surface area contributed by atoms with E-state index in [2.05, 4.69) is 26.8 Å². The van der Waals surface area contributed by atoms with Gasteiger partial charge in [-0.3, -0.25) is 0 Å². The van der Waals surface area contributed by atoms with Gasteiger partial charge in [-0.2, -0.15) is 0 Å². The van der Waals surface area contributed by atoms with Crippen molar-refractivity contribution in [1.82, 2.24) is 0 Å². The predicted molar refractivity (Wildman–Crippen MR) is 209 cm³/mol. The van der Waals surface area contributed by atoms with Crippen LogP contribution in [0.3, 0.4) is 0 Å². The average molecular weight is 891 g/mol. The molecule has 0 bridgehead atoms. The van der Waals surface area contributed by atoms with Gasteiger partial charge < -0.3 is 94.4 Å². The molecule has 356 valence electrons. The largest absolute Gasteiger partial charge is 0.396 e. The summed E-state index contributed by atoms with van der Waals surface area (Å²) >= 11 is 0. The maximum Gasteiger partial charge on any atom is 0.189 e. The third-order valence-electron chi connectivity index (χ3n) is 16.9. The highest BCUT2D eigenvalue weighted by atomic mass is 16.8. The molecule has 0 amide bonds. The first kappa shape index (κ1) is 47.5. The molecule has 4 heterocycles. The summed E-state index contributed by atoms with van der Waals surface area (Å²) in [5, 5.41) is 126. The molecule has 0 aromatic heterocycles. The number of fused-ring (bicyclic) bond motifs is 7. The highest BCUT2D eigenvalue weighted by Gasteiger charge is 2.68. The molecule has 0 aromatic rings. The van der Waals surface area contributed by atoms with Crippen LogP contribution in [0.25, 0.3) is 0 Å². The molecule has 7 fully saturated rings. The van der Waals surface area contributed by atoms with Gasteiger partial charge in [-0.05, 0) is 91.8 Å². The highest BCUT2D eigenvalue weighted by molar-refractivity contribution is 5.26. The zero-order valence-electron chi connectivity index (χ0n) is 35.9. The van der Waals surface area contributed by atoms with Crippen LogP contribution in [0.2, 0.25) is 0 Å². The third kappa shape index (κ3) is 8.05. The van der Waals surface area contributed by atoms with Crippen LogP contribution in [0.1, 0.15) is 85.5 Å². The minimum absolute atomic E-state index is 0.0151. The first-order chi connectivity index (χ1) is 29.3. The van der Waals surface area contributed by atoms with Crippen molar-refractivity contribution in [3.8, 4) is 0 Å². The van der Waals surface area contributed by atoms with E-state index in [0.717, 1.165) is 32.1 Å². The fraction of sp³-hybridized carbons (Fsp3) is 0.953. The summed E-state index contributed by atoms with van der Waals surface area (Å²) in [6.45, 7) is 8.17. The first-order valence-corrected chi connectivity index (χ1v) is 22.6. The van der Waals surface area contributed by atoms with E-state index in [1.807, 2.05) is 6.92 Å². The van der Waals surface area contributed by atoms with Gasteiger partial charge in [0, 0.05) is 18.9 Å². The Kier molecular flexibility index (Phi) is 13.7. The molecule has 4 aliphatic carbocycles. The van der Waals surface area contributed by atoms with E-state index in [9.17, 15) is 61.3 Å². The smallest absolute Gasteiger partial charge is 0.189 e. The molecule has 4 aliphatic heterocycles. The van der Waals surface area contributed by atoms with Crippen molar-refractivity contribution in [2.75, 3.05) is 13.2 Å². The maximum absolute atomic E-state index is 11.9. The van der Waals surface area contributed by atoms with Crippen molar-refractivity contribution < 1.29 is 94.4 Å². The summed E-state index contributed by atoms with van der Waals surface area (Å²) in [5.74, 6) is 0.378. The van der Waals surface area contributed by atoms with Crippen LogP contribution < -0.4 is 0 Å². The molecule has 19 nitrogen and oxygen atoms in total. The molecule has 62 heavy (non-hydrogen) atoms. The van der Waals surface area contributed by atoms with Gasteiger partial charge in [0.25, 0.3) is 0 Å². The molecule has 4 saturated heterocycles. The lowest BCUT2D eigenvalue weighted by Gasteiger charge is -2.58. The number of hydrogen-bond acceptors (Lipinski definition) is 19. The van der Waals surface area contributed by atoms with E-state index in [0.29, 0.717) is 43.4 Å². The maximum atomic E-state index is 11.9. The second kappa shape index (κ2) is 17.9. The molecule has 19 heteroatoms. The van der Waals surface area contributed by atoms with Crippen LogP contribution in [0, 0.1) is 46.3 Å². The monoisotopic (exact) mass is 890 g/mol. The molecular formula is C43H70O19. The Hall–Kier alpha value is -1.02. The standard InChI is InChI=1S/C43H70O19/c1-17(15-44)7-12-43(55)18(2)26-24(62-43)14-23-21-6-5-19-13-20(8-10-41(19,3)22(21)9-11-42(23,26)4)56-40-35(59-39-32(51)28(47)30(49)37(54)61-39)33(52)34(25(16-45)57-40)58-38-31(50)27(46)29(48)36(53)60-38/h5,17-18,20-40,44-55H,6-16H2,1-4H3/t17-,18+,20?,21-,22+,23+,24?,25?,26+,27+,28+,29-,30-,31?,32?,33+,34-,35?,36?,37?,38-,39-,40-,41+,42+,43?/m1/s1. The average Bonchev–Trinajstić information content (AvgIpc) is 3.68. The Labute approximate surface area is 361 Å². The third-order valence-corrected chi connectivity index (χ3v) is 16.9. The van der Waals surface area contributed by atoms with Crippen molar-refractivity contribution >= 4 is 0 Å². The molecule has 0 radical (unpaired) electrons. The number of allylic oxidation sites excluding steroid dienone is 1. The van der Waals surface area contributed by atoms with E-state index in [1.165, 1.54) is 5.57 Å². The van der Waals surface area contributed by atoms with Crippen molar-refractivity contribution in [1.29, 1.82) is 0 Å². The Morgan fingerprint density at radius 2 is 1.37 bits per heavy atom. The Morgan fingerprint density at radius 3 is 1.98 bits per heavy atom. The zero-order valence-corrected chi connectivity index (χ0v) is 35.9. The summed E-state index contributed by atoms with van der Waals surface area (Å²) in [6, 6.07) is 0. The molecule has 8 rings (SSSR count). The number of hydrogen-bond donors (Lipinski definition) is 12. The van der Waals surface area contributed by atoms with Gasteiger partial charge in [0.1, 0.15) is 61.0 Å². The van der Waals surface area contributed by atoms with Gasteiger partial charge in [0.15, 0.2) is 37.2 Å². The van der Waals surface area contributed by atoms with Gasteiger partial charge >= 0.3 is 0 Å². The van der Waals surface area contributed by atoms with Crippen molar-refractivity contribution in [2.45, 2.75) is 196 Å². The van der Waals surface area contributed by atoms with Crippen LogP contribution in [0.15, 0.2) is 11.6 Å². The van der Waals surface area contributed by atoms with Gasteiger partial charge in [-0.25, -0.2) is 0 Å². The van der Waals surface area contributed by atoms with E-state index in [1.54, 1.807) is 0 Å². The minimum Gasteiger partial charge on any atom is -0.396 e. The molecular weight excluding hydrogens is 820 g/mol. The summed E-state index contributed by atoms with van der Waals surface area (Å²) in [5.41, 5.74) is 1.14. The van der Waals surface area contributed by atoms with Crippen molar-refractivity contribution in [3.05, 3.63) is 11.6 Å². The van der Waals surface area contributed by atoms with Crippen molar-refractivity contribution in [2.24, 2.45) is 46.3 Å². The lowest BCUT2D eigenvalue weighted by Crippen LogP contribution is -2.67. The fourth-order valence-electron chi connectivity index (χ4n) is 13.1. The molecule has 8 aliphatic rings. The van der Waals surface area contributed by atoms with Crippen LogP contribution in [-0.2, 0) is 33.2 Å². The second-order valence-electron chi connectivity index (χ2n) is 20.3. The summed E-state index contributed by atoms with van der Waals surface area (Å²) in [6.07, 6.45) is -18.2. The predicted octanol–water partition coefficient (Wildman–Crippen LogP) is -1.94. The Morgan fingerprint density at radius 1 is 0.742 bits per heavy atom. The van der Waals surface area contributed by atoms with Crippen LogP contribution in [0.5, 0.6) is 0 Å². The number of ether oxygens (including phenoxy) is 7. The quantitative estimate of drug-likeness (QED) is 0.100. The van der Waals surface area contributed by atoms with Crippen molar-refractivity contribution in [3.63, 3.8) is 0 Å². The molecule has 0 aromatic carbocycles. The minimum atomic E-state index is -1.98. The summed E-state index contributed by atoms with van der Waals surface area (Å²) in [4.78, 5) is 0. The van der Waals surface area contributed by atoms with Gasteiger partial charge in [-0.1, -0.05) is 39.3 Å². The van der Waals surface area contributed by atoms with Gasteiger partial charge in [0.05, 0.1) is 18.8 Å². The lowest BCUT2D eigenvalue weighted by molar-refractivity contribution is -0.405. The number of aliphatic hydroxyl groups excluding tert-OH is 11. The second-order valence-corrected chi connectivity index (χ2v) is 20.3. The van der Waals surface area contributed by atoms with E-state index >= 15 is 0 Å². The Bertz CT molecular complexity index is 1590. The van der Waals surface area contributed by atoms with Crippen LogP contribution in [-0.4, -0.2) is 185 Å². The van der Waals surface area contributed by atoms with E-state index in [4.69, 9.17) is 33.2 Å². The molecule has 0 spiro atoms. The molecule has 12 N–H and O–H groups in total. The SMILES string of the molecule is C[C@@H](CO)CCC1(O)OC2C[C@H]3[C@@H]4CC=C5CC(O[C@@H]6OC(CO)[C@@H](O[C@@H]7OC(O)[C@H](O)[C@H](O)C7O)[C@H](O)C6O[C@@H]6OC(O)[C@H](O)[C@H](O)C6O)CC[C@]5(C)[C@H]4CC[C@]3(C)[C@H]2[C@@H]1C. The van der Waals surface area contributed by atoms with Crippen LogP contribution >= 0.6 is 0 Å². The number of rotatable bonds is 11. The van der Waals surface area contributed by atoms with Gasteiger partial charge in [-0.15, -0.1) is 0 Å². The van der Waals surface area contributed by atoms with E-state index in [-0.39, 0.29) is 41.3 Å². The molecule has 26 atom stereocenters. The molecule has 9 unspecified atom stereocenters. The van der Waals surface area contributed by atoms with E-state index < -0.39 is 111 Å². The van der Waals surface area contributed by atoms with Crippen LogP contribution in [0.4, 0.5) is 0 Å². The molecule has 3 saturated carbocycles. The Balaban J connectivity index is 0.982. The topological polar surface area (TPSA) is 307 Å². The normalized spacial score (nSPS) is 55.7. The number of aliphatic hydroxyl groups is 12. The summed E-state index contributed by atoms with van der Waals surface area (Å²) < 4.78 is 41.5. The van der Waals surface area contributed by atoms with Gasteiger partial charge in [0.2, 0.25) is 0 Å². The fourth-order valence-corrected chi connectivity index (χ4v) is 13.1. The summed E-state index contributed by atoms with van der Waals surface area (Å²) in [7, 11) is 0. The zero-order chi connectivity index (χ0) is 44.8. The lowest BCUT2D eigenvalue weighted by atomic mass is 9.47.